The van der Waals surface area contributed by atoms with E-state index in [4.69, 9.17) is 5.73 Å². The molecule has 0 radical (unpaired) electrons. The smallest absolute Gasteiger partial charge is 0.146 e. The highest BCUT2D eigenvalue weighted by Crippen LogP contribution is 2.23. The van der Waals surface area contributed by atoms with Gasteiger partial charge in [-0.05, 0) is 24.7 Å². The summed E-state index contributed by atoms with van der Waals surface area (Å²) in [4.78, 5) is 10.2. The second-order valence-electron chi connectivity index (χ2n) is 3.88. The van der Waals surface area contributed by atoms with Gasteiger partial charge in [0.2, 0.25) is 0 Å². The third-order valence-electron chi connectivity index (χ3n) is 2.62. The molecule has 5 heteroatoms. The van der Waals surface area contributed by atoms with Gasteiger partial charge < -0.3 is 10.6 Å². The van der Waals surface area contributed by atoms with Gasteiger partial charge in [0.15, 0.2) is 0 Å². The molecule has 94 valence electrons. The fourth-order valence-electron chi connectivity index (χ4n) is 1.67. The van der Waals surface area contributed by atoms with Crippen LogP contribution in [0.2, 0.25) is 0 Å². The number of nitrogens with two attached hydrogens (primary N) is 1. The number of para-hydroxylation sites is 1. The van der Waals surface area contributed by atoms with Crippen LogP contribution in [0.3, 0.4) is 0 Å². The molecule has 1 aromatic heterocycles. The van der Waals surface area contributed by atoms with Crippen LogP contribution in [0.5, 0.6) is 0 Å². The Labute approximate surface area is 105 Å². The van der Waals surface area contributed by atoms with Gasteiger partial charge in [-0.25, -0.2) is 14.4 Å². The minimum atomic E-state index is -0.279. The van der Waals surface area contributed by atoms with Crippen molar-refractivity contribution in [3.05, 3.63) is 48.2 Å². The van der Waals surface area contributed by atoms with Gasteiger partial charge in [0.05, 0.1) is 5.69 Å². The zero-order valence-corrected chi connectivity index (χ0v) is 10.2. The molecule has 0 saturated heterocycles. The van der Waals surface area contributed by atoms with Crippen LogP contribution in [0.1, 0.15) is 5.82 Å². The third kappa shape index (κ3) is 2.62. The summed E-state index contributed by atoms with van der Waals surface area (Å²) in [5.41, 5.74) is 5.95. The first-order valence-corrected chi connectivity index (χ1v) is 5.72. The molecule has 0 unspecified atom stereocenters. The van der Waals surface area contributed by atoms with E-state index in [2.05, 4.69) is 9.97 Å². The van der Waals surface area contributed by atoms with Gasteiger partial charge in [-0.2, -0.15) is 0 Å². The van der Waals surface area contributed by atoms with E-state index >= 15 is 0 Å². The van der Waals surface area contributed by atoms with E-state index in [1.807, 2.05) is 0 Å². The molecule has 2 aromatic rings. The van der Waals surface area contributed by atoms with Crippen LogP contribution in [0.4, 0.5) is 15.9 Å². The van der Waals surface area contributed by atoms with Gasteiger partial charge in [0.1, 0.15) is 17.5 Å². The van der Waals surface area contributed by atoms with E-state index in [-0.39, 0.29) is 5.82 Å². The van der Waals surface area contributed by atoms with Crippen molar-refractivity contribution >= 4 is 11.5 Å². The first-order valence-electron chi connectivity index (χ1n) is 5.72. The molecule has 0 spiro atoms. The Morgan fingerprint density at radius 2 is 2.06 bits per heavy atom. The summed E-state index contributed by atoms with van der Waals surface area (Å²) < 4.78 is 13.7. The zero-order valence-electron chi connectivity index (χ0n) is 10.2. The van der Waals surface area contributed by atoms with E-state index in [1.54, 1.807) is 42.4 Å². The van der Waals surface area contributed by atoms with E-state index in [0.717, 1.165) is 0 Å². The molecule has 0 saturated carbocycles. The summed E-state index contributed by atoms with van der Waals surface area (Å²) in [7, 11) is 1.77. The average Bonchev–Trinajstić information content (AvgIpc) is 2.39. The Hall–Kier alpha value is -2.01. The quantitative estimate of drug-likeness (QED) is 0.895. The molecule has 0 amide bonds. The van der Waals surface area contributed by atoms with Gasteiger partial charge in [-0.1, -0.05) is 12.1 Å². The SMILES string of the molecule is CN(c1ccnc(CCN)n1)c1ccccc1F. The lowest BCUT2D eigenvalue weighted by Crippen LogP contribution is -2.15. The molecule has 2 rings (SSSR count). The van der Waals surface area contributed by atoms with Crippen LogP contribution in [-0.2, 0) is 6.42 Å². The fourth-order valence-corrected chi connectivity index (χ4v) is 1.67. The Morgan fingerprint density at radius 3 is 2.78 bits per heavy atom. The van der Waals surface area contributed by atoms with E-state index in [1.165, 1.54) is 6.07 Å². The number of hydrogen-bond donors (Lipinski definition) is 1. The molecule has 0 bridgehead atoms. The standard InChI is InChI=1S/C13H15FN4/c1-18(11-5-3-2-4-10(11)14)13-7-9-16-12(17-13)6-8-15/h2-5,7,9H,6,8,15H2,1H3. The van der Waals surface area contributed by atoms with Crippen LogP contribution in [-0.4, -0.2) is 23.6 Å². The Balaban J connectivity index is 2.31. The molecule has 4 nitrogen and oxygen atoms in total. The van der Waals surface area contributed by atoms with E-state index < -0.39 is 0 Å². The second-order valence-corrected chi connectivity index (χ2v) is 3.88. The van der Waals surface area contributed by atoms with E-state index in [0.29, 0.717) is 30.3 Å². The minimum Gasteiger partial charge on any atom is -0.330 e. The largest absolute Gasteiger partial charge is 0.330 e. The van der Waals surface area contributed by atoms with Crippen molar-refractivity contribution in [2.45, 2.75) is 6.42 Å². The van der Waals surface area contributed by atoms with Crippen molar-refractivity contribution in [3.8, 4) is 0 Å². The van der Waals surface area contributed by atoms with Gasteiger partial charge in [-0.15, -0.1) is 0 Å². The Morgan fingerprint density at radius 1 is 1.28 bits per heavy atom. The molecule has 18 heavy (non-hydrogen) atoms. The fraction of sp³-hybridized carbons (Fsp3) is 0.231. The van der Waals surface area contributed by atoms with Crippen molar-refractivity contribution in [1.82, 2.24) is 9.97 Å². The molecule has 1 heterocycles. The zero-order chi connectivity index (χ0) is 13.0. The van der Waals surface area contributed by atoms with Gasteiger partial charge in [0.25, 0.3) is 0 Å². The summed E-state index contributed by atoms with van der Waals surface area (Å²) >= 11 is 0. The van der Waals surface area contributed by atoms with E-state index in [9.17, 15) is 4.39 Å². The van der Waals surface area contributed by atoms with Crippen molar-refractivity contribution in [1.29, 1.82) is 0 Å². The predicted molar refractivity (Wildman–Crippen MR) is 69.3 cm³/mol. The number of benzene rings is 1. The lowest BCUT2D eigenvalue weighted by atomic mass is 10.3. The summed E-state index contributed by atoms with van der Waals surface area (Å²) in [5, 5.41) is 0. The monoisotopic (exact) mass is 246 g/mol. The topological polar surface area (TPSA) is 55.0 Å². The van der Waals surface area contributed by atoms with Crippen molar-refractivity contribution in [2.24, 2.45) is 5.73 Å². The Kier molecular flexibility index (Phi) is 3.84. The molecular weight excluding hydrogens is 231 g/mol. The molecule has 2 N–H and O–H groups in total. The maximum Gasteiger partial charge on any atom is 0.146 e. The van der Waals surface area contributed by atoms with Gasteiger partial charge in [0, 0.05) is 19.7 Å². The lowest BCUT2D eigenvalue weighted by Gasteiger charge is -2.19. The van der Waals surface area contributed by atoms with Crippen molar-refractivity contribution in [3.63, 3.8) is 0 Å². The van der Waals surface area contributed by atoms with Gasteiger partial charge in [-0.3, -0.25) is 0 Å². The number of rotatable bonds is 4. The normalized spacial score (nSPS) is 10.4. The molecule has 0 aliphatic heterocycles. The van der Waals surface area contributed by atoms with Crippen LogP contribution in [0.15, 0.2) is 36.5 Å². The minimum absolute atomic E-state index is 0.279. The third-order valence-corrected chi connectivity index (χ3v) is 2.62. The predicted octanol–water partition coefficient (Wildman–Crippen LogP) is 1.88. The molecule has 0 fully saturated rings. The summed E-state index contributed by atoms with van der Waals surface area (Å²) in [6, 6.07) is 8.32. The maximum atomic E-state index is 13.7. The van der Waals surface area contributed by atoms with Crippen LogP contribution in [0.25, 0.3) is 0 Å². The highest BCUT2D eigenvalue weighted by atomic mass is 19.1. The van der Waals surface area contributed by atoms with Crippen molar-refractivity contribution < 1.29 is 4.39 Å². The average molecular weight is 246 g/mol. The lowest BCUT2D eigenvalue weighted by molar-refractivity contribution is 0.627. The molecule has 0 aliphatic carbocycles. The molecule has 0 atom stereocenters. The number of nitrogens with zero attached hydrogens (tertiary/aromatic N) is 3. The number of anilines is 2. The number of aromatic nitrogens is 2. The number of hydrogen-bond acceptors (Lipinski definition) is 4. The van der Waals surface area contributed by atoms with Gasteiger partial charge >= 0.3 is 0 Å². The first kappa shape index (κ1) is 12.4. The highest BCUT2D eigenvalue weighted by Gasteiger charge is 2.10. The Bertz CT molecular complexity index is 530. The molecular formula is C13H15FN4. The summed E-state index contributed by atoms with van der Waals surface area (Å²) in [6.45, 7) is 0.493. The first-order chi connectivity index (χ1) is 8.72. The molecule has 0 aliphatic rings. The highest BCUT2D eigenvalue weighted by molar-refractivity contribution is 5.59. The maximum absolute atomic E-state index is 13.7. The van der Waals surface area contributed by atoms with Crippen LogP contribution < -0.4 is 10.6 Å². The second kappa shape index (κ2) is 5.55. The molecule has 1 aromatic carbocycles. The summed E-state index contributed by atoms with van der Waals surface area (Å²) in [5.74, 6) is 1.04. The van der Waals surface area contributed by atoms with Crippen LogP contribution in [0, 0.1) is 5.82 Å². The summed E-state index contributed by atoms with van der Waals surface area (Å²) in [6.07, 6.45) is 2.27. The van der Waals surface area contributed by atoms with Crippen LogP contribution >= 0.6 is 0 Å². The van der Waals surface area contributed by atoms with Crippen molar-refractivity contribution in [2.75, 3.05) is 18.5 Å². The number of halogens is 1.